The molecule has 3 rings (SSSR count). The molecular weight excluding hydrogens is 344 g/mol. The quantitative estimate of drug-likeness (QED) is 0.737. The Morgan fingerprint density at radius 1 is 1.05 bits per heavy atom. The molecule has 2 aromatic carbocycles. The van der Waals surface area contributed by atoms with Crippen molar-refractivity contribution < 1.29 is 9.63 Å². The summed E-state index contributed by atoms with van der Waals surface area (Å²) < 4.78 is 6.00. The van der Waals surface area contributed by atoms with Crippen LogP contribution >= 0.6 is 27.5 Å². The topological polar surface area (TPSA) is 59.2 Å². The van der Waals surface area contributed by atoms with Crippen LogP contribution in [0.1, 0.15) is 0 Å². The Kier molecular flexibility index (Phi) is 3.46. The zero-order valence-electron chi connectivity index (χ0n) is 10.0. The summed E-state index contributed by atoms with van der Waals surface area (Å²) in [5, 5.41) is 13.8. The lowest BCUT2D eigenvalue weighted by Crippen LogP contribution is -1.82. The van der Waals surface area contributed by atoms with Crippen molar-refractivity contribution >= 4 is 27.5 Å². The molecule has 0 unspecified atom stereocenters. The van der Waals surface area contributed by atoms with Gasteiger partial charge in [0.1, 0.15) is 5.75 Å². The van der Waals surface area contributed by atoms with Crippen molar-refractivity contribution in [1.82, 2.24) is 10.1 Å². The Bertz CT molecular complexity index is 756. The predicted octanol–water partition coefficient (Wildman–Crippen LogP) is 4.53. The van der Waals surface area contributed by atoms with Gasteiger partial charge in [0.25, 0.3) is 5.89 Å². The van der Waals surface area contributed by atoms with E-state index < -0.39 is 0 Å². The average molecular weight is 352 g/mol. The summed E-state index contributed by atoms with van der Waals surface area (Å²) in [6, 6.07) is 12.0. The maximum Gasteiger partial charge on any atom is 0.258 e. The summed E-state index contributed by atoms with van der Waals surface area (Å²) in [7, 11) is 0. The molecule has 0 atom stereocenters. The molecule has 1 N–H and O–H groups in total. The number of hydrogen-bond donors (Lipinski definition) is 1. The Morgan fingerprint density at radius 3 is 2.45 bits per heavy atom. The fraction of sp³-hybridized carbons (Fsp3) is 0. The van der Waals surface area contributed by atoms with Crippen LogP contribution in [0.4, 0.5) is 0 Å². The van der Waals surface area contributed by atoms with Crippen LogP contribution in [0.3, 0.4) is 0 Å². The Balaban J connectivity index is 1.97. The third kappa shape index (κ3) is 2.55. The van der Waals surface area contributed by atoms with Crippen molar-refractivity contribution in [2.45, 2.75) is 0 Å². The molecule has 0 spiro atoms. The lowest BCUT2D eigenvalue weighted by atomic mass is 10.2. The van der Waals surface area contributed by atoms with E-state index in [1.165, 1.54) is 0 Å². The molecule has 3 aromatic rings. The van der Waals surface area contributed by atoms with Crippen molar-refractivity contribution in [3.8, 4) is 28.6 Å². The van der Waals surface area contributed by atoms with Crippen molar-refractivity contribution in [3.63, 3.8) is 0 Å². The summed E-state index contributed by atoms with van der Waals surface area (Å²) in [4.78, 5) is 4.33. The number of hydrogen-bond acceptors (Lipinski definition) is 4. The van der Waals surface area contributed by atoms with E-state index in [9.17, 15) is 5.11 Å². The molecular formula is C14H8BrClN2O2. The average Bonchev–Trinajstić information content (AvgIpc) is 2.92. The second-order valence-electron chi connectivity index (χ2n) is 4.10. The minimum absolute atomic E-state index is 0.190. The minimum Gasteiger partial charge on any atom is -0.508 e. The van der Waals surface area contributed by atoms with Gasteiger partial charge < -0.3 is 9.63 Å². The number of aromatic nitrogens is 2. The first-order valence-electron chi connectivity index (χ1n) is 5.72. The highest BCUT2D eigenvalue weighted by molar-refractivity contribution is 9.10. The summed E-state index contributed by atoms with van der Waals surface area (Å²) in [6.45, 7) is 0. The van der Waals surface area contributed by atoms with Crippen molar-refractivity contribution in [2.75, 3.05) is 0 Å². The zero-order valence-corrected chi connectivity index (χ0v) is 12.4. The van der Waals surface area contributed by atoms with Crippen molar-refractivity contribution in [3.05, 3.63) is 52.0 Å². The van der Waals surface area contributed by atoms with Crippen LogP contribution in [0.15, 0.2) is 51.5 Å². The number of benzene rings is 2. The normalized spacial score (nSPS) is 10.7. The summed E-state index contributed by atoms with van der Waals surface area (Å²) >= 11 is 9.31. The standard InChI is InChI=1S/C14H8BrClN2O2/c15-11-7-9(3-6-12(11)16)13-17-14(20-18-13)8-1-4-10(19)5-2-8/h1-7,19H. The molecule has 0 aliphatic rings. The second kappa shape index (κ2) is 5.26. The van der Waals surface area contributed by atoms with Gasteiger partial charge in [0, 0.05) is 15.6 Å². The van der Waals surface area contributed by atoms with Gasteiger partial charge in [-0.05, 0) is 58.4 Å². The molecule has 0 bridgehead atoms. The molecule has 0 amide bonds. The van der Waals surface area contributed by atoms with Crippen molar-refractivity contribution in [1.29, 1.82) is 0 Å². The molecule has 6 heteroatoms. The Labute approximate surface area is 128 Å². The van der Waals surface area contributed by atoms with E-state index in [1.807, 2.05) is 12.1 Å². The molecule has 0 saturated carbocycles. The number of phenolic OH excluding ortho intramolecular Hbond substituents is 1. The number of aromatic hydroxyl groups is 1. The van der Waals surface area contributed by atoms with Gasteiger partial charge in [0.15, 0.2) is 0 Å². The molecule has 0 aliphatic heterocycles. The number of rotatable bonds is 2. The first-order valence-corrected chi connectivity index (χ1v) is 6.89. The van der Waals surface area contributed by atoms with E-state index in [2.05, 4.69) is 26.1 Å². The maximum absolute atomic E-state index is 9.26. The van der Waals surface area contributed by atoms with Crippen LogP contribution in [0.5, 0.6) is 5.75 Å². The van der Waals surface area contributed by atoms with E-state index in [1.54, 1.807) is 30.3 Å². The molecule has 4 nitrogen and oxygen atoms in total. The van der Waals surface area contributed by atoms with Gasteiger partial charge in [-0.15, -0.1) is 0 Å². The van der Waals surface area contributed by atoms with Crippen LogP contribution in [0.25, 0.3) is 22.8 Å². The molecule has 100 valence electrons. The molecule has 0 radical (unpaired) electrons. The molecule has 0 fully saturated rings. The Morgan fingerprint density at radius 2 is 1.75 bits per heavy atom. The largest absolute Gasteiger partial charge is 0.508 e. The number of nitrogens with zero attached hydrogens (tertiary/aromatic N) is 2. The van der Waals surface area contributed by atoms with Crippen LogP contribution in [-0.2, 0) is 0 Å². The smallest absolute Gasteiger partial charge is 0.258 e. The number of phenols is 1. The van der Waals surface area contributed by atoms with Crippen LogP contribution in [-0.4, -0.2) is 15.2 Å². The fourth-order valence-corrected chi connectivity index (χ4v) is 2.19. The monoisotopic (exact) mass is 350 g/mol. The highest BCUT2D eigenvalue weighted by Gasteiger charge is 2.11. The van der Waals surface area contributed by atoms with E-state index in [4.69, 9.17) is 16.1 Å². The fourth-order valence-electron chi connectivity index (χ4n) is 1.70. The van der Waals surface area contributed by atoms with Crippen molar-refractivity contribution in [2.24, 2.45) is 0 Å². The molecule has 20 heavy (non-hydrogen) atoms. The highest BCUT2D eigenvalue weighted by atomic mass is 79.9. The molecule has 0 aliphatic carbocycles. The van der Waals surface area contributed by atoms with Gasteiger partial charge in [0.2, 0.25) is 5.82 Å². The van der Waals surface area contributed by atoms with Gasteiger partial charge >= 0.3 is 0 Å². The molecule has 0 saturated heterocycles. The Hall–Kier alpha value is -1.85. The third-order valence-electron chi connectivity index (χ3n) is 2.72. The van der Waals surface area contributed by atoms with E-state index >= 15 is 0 Å². The molecule has 1 aromatic heterocycles. The maximum atomic E-state index is 9.26. The van der Waals surface area contributed by atoms with Gasteiger partial charge in [-0.1, -0.05) is 16.8 Å². The van der Waals surface area contributed by atoms with Gasteiger partial charge in [-0.25, -0.2) is 0 Å². The predicted molar refractivity (Wildman–Crippen MR) is 79.5 cm³/mol. The van der Waals surface area contributed by atoms with Crippen LogP contribution in [0, 0.1) is 0 Å². The summed E-state index contributed by atoms with van der Waals surface area (Å²) in [6.07, 6.45) is 0. The minimum atomic E-state index is 0.190. The lowest BCUT2D eigenvalue weighted by molar-refractivity contribution is 0.432. The third-order valence-corrected chi connectivity index (χ3v) is 3.93. The van der Waals surface area contributed by atoms with E-state index in [-0.39, 0.29) is 5.75 Å². The second-order valence-corrected chi connectivity index (χ2v) is 5.36. The lowest BCUT2D eigenvalue weighted by Gasteiger charge is -1.97. The first-order chi connectivity index (χ1) is 9.63. The van der Waals surface area contributed by atoms with Gasteiger partial charge in [-0.2, -0.15) is 4.98 Å². The SMILES string of the molecule is Oc1ccc(-c2nc(-c3ccc(Cl)c(Br)c3)no2)cc1. The highest BCUT2D eigenvalue weighted by Crippen LogP contribution is 2.29. The van der Waals surface area contributed by atoms with Gasteiger partial charge in [0.05, 0.1) is 5.02 Å². The van der Waals surface area contributed by atoms with Crippen LogP contribution in [0.2, 0.25) is 5.02 Å². The summed E-state index contributed by atoms with van der Waals surface area (Å²) in [5.74, 6) is 1.06. The van der Waals surface area contributed by atoms with E-state index in [0.29, 0.717) is 16.7 Å². The van der Waals surface area contributed by atoms with E-state index in [0.717, 1.165) is 15.6 Å². The molecule has 1 heterocycles. The first kappa shape index (κ1) is 13.1. The zero-order chi connectivity index (χ0) is 14.1. The summed E-state index contributed by atoms with van der Waals surface area (Å²) in [5.41, 5.74) is 1.55. The van der Waals surface area contributed by atoms with Gasteiger partial charge in [-0.3, -0.25) is 0 Å². The van der Waals surface area contributed by atoms with Crippen LogP contribution < -0.4 is 0 Å². The number of halogens is 2.